The number of halogens is 3. The maximum Gasteiger partial charge on any atom is 0.393 e. The third kappa shape index (κ3) is 5.02. The van der Waals surface area contributed by atoms with E-state index >= 15 is 0 Å². The molecule has 0 aliphatic carbocycles. The largest absolute Gasteiger partial charge is 0.398 e. The summed E-state index contributed by atoms with van der Waals surface area (Å²) < 4.78 is 38.3. The van der Waals surface area contributed by atoms with Gasteiger partial charge in [-0.15, -0.1) is 11.3 Å². The van der Waals surface area contributed by atoms with Crippen LogP contribution >= 0.6 is 11.3 Å². The molecule has 0 saturated carbocycles. The number of rotatable bonds is 6. The van der Waals surface area contributed by atoms with Crippen LogP contribution in [0.3, 0.4) is 0 Å². The SMILES string of the molecule is Cc1c(CN2CCC(Nc3ncnc4sc(CC(F)(F)F)cc34)CC2)ccc(N)c1C=N. The summed E-state index contributed by atoms with van der Waals surface area (Å²) in [5.74, 6) is 0.600. The summed E-state index contributed by atoms with van der Waals surface area (Å²) in [5, 5.41) is 11.7. The van der Waals surface area contributed by atoms with Crippen LogP contribution in [0, 0.1) is 12.3 Å². The van der Waals surface area contributed by atoms with Gasteiger partial charge < -0.3 is 16.5 Å². The normalized spacial score (nSPS) is 15.9. The average molecular weight is 463 g/mol. The number of nitrogens with two attached hydrogens (primary N) is 1. The average Bonchev–Trinajstić information content (AvgIpc) is 3.13. The Labute approximate surface area is 188 Å². The fourth-order valence-corrected chi connectivity index (χ4v) is 5.16. The van der Waals surface area contributed by atoms with E-state index in [2.05, 4.69) is 20.2 Å². The van der Waals surface area contributed by atoms with E-state index in [1.165, 1.54) is 12.5 Å². The van der Waals surface area contributed by atoms with E-state index in [1.54, 1.807) is 6.07 Å². The van der Waals surface area contributed by atoms with Gasteiger partial charge >= 0.3 is 6.18 Å². The topological polar surface area (TPSA) is 90.9 Å². The molecule has 4 N–H and O–H groups in total. The van der Waals surface area contributed by atoms with Gasteiger partial charge in [-0.1, -0.05) is 6.07 Å². The molecule has 0 amide bonds. The molecule has 0 atom stereocenters. The minimum atomic E-state index is -4.24. The number of likely N-dealkylation sites (tertiary alicyclic amines) is 1. The summed E-state index contributed by atoms with van der Waals surface area (Å²) in [6.45, 7) is 4.56. The zero-order valence-corrected chi connectivity index (χ0v) is 18.5. The zero-order valence-electron chi connectivity index (χ0n) is 17.7. The molecule has 0 radical (unpaired) electrons. The van der Waals surface area contributed by atoms with Crippen LogP contribution in [0.15, 0.2) is 24.5 Å². The molecule has 1 aliphatic rings. The van der Waals surface area contributed by atoms with Crippen molar-refractivity contribution in [2.45, 2.75) is 44.9 Å². The first kappa shape index (κ1) is 22.5. The number of hydrogen-bond donors (Lipinski definition) is 3. The summed E-state index contributed by atoms with van der Waals surface area (Å²) in [4.78, 5) is 11.6. The third-order valence-corrected chi connectivity index (χ3v) is 6.93. The van der Waals surface area contributed by atoms with Crippen molar-refractivity contribution in [2.24, 2.45) is 0 Å². The Morgan fingerprint density at radius 3 is 2.72 bits per heavy atom. The summed E-state index contributed by atoms with van der Waals surface area (Å²) in [5.41, 5.74) is 9.55. The first-order valence-corrected chi connectivity index (χ1v) is 11.2. The number of nitrogens with one attached hydrogen (secondary N) is 2. The molecule has 1 fully saturated rings. The predicted octanol–water partition coefficient (Wildman–Crippen LogP) is 4.76. The van der Waals surface area contributed by atoms with Gasteiger partial charge in [-0.25, -0.2) is 9.97 Å². The highest BCUT2D eigenvalue weighted by Gasteiger charge is 2.29. The minimum absolute atomic E-state index is 0.194. The van der Waals surface area contributed by atoms with Crippen LogP contribution in [0.2, 0.25) is 0 Å². The van der Waals surface area contributed by atoms with Crippen molar-refractivity contribution >= 4 is 39.3 Å². The molecule has 32 heavy (non-hydrogen) atoms. The first-order valence-electron chi connectivity index (χ1n) is 10.4. The van der Waals surface area contributed by atoms with E-state index in [0.717, 1.165) is 60.5 Å². The van der Waals surface area contributed by atoms with Gasteiger partial charge in [0.15, 0.2) is 0 Å². The van der Waals surface area contributed by atoms with Crippen LogP contribution in [0.25, 0.3) is 10.2 Å². The number of hydrogen-bond acceptors (Lipinski definition) is 7. The second-order valence-corrected chi connectivity index (χ2v) is 9.25. The lowest BCUT2D eigenvalue weighted by Crippen LogP contribution is -2.39. The van der Waals surface area contributed by atoms with Crippen LogP contribution in [-0.2, 0) is 13.0 Å². The Morgan fingerprint density at radius 1 is 1.28 bits per heavy atom. The zero-order chi connectivity index (χ0) is 22.9. The summed E-state index contributed by atoms with van der Waals surface area (Å²) in [7, 11) is 0. The number of nitrogens with zero attached hydrogens (tertiary/aromatic N) is 3. The molecule has 6 nitrogen and oxygen atoms in total. The van der Waals surface area contributed by atoms with Crippen molar-refractivity contribution in [1.82, 2.24) is 14.9 Å². The Morgan fingerprint density at radius 2 is 2.03 bits per heavy atom. The van der Waals surface area contributed by atoms with Crippen LogP contribution in [-0.4, -0.2) is 46.4 Å². The molecule has 1 saturated heterocycles. The number of anilines is 2. The van der Waals surface area contributed by atoms with Crippen molar-refractivity contribution < 1.29 is 13.2 Å². The summed E-state index contributed by atoms with van der Waals surface area (Å²) in [6.07, 6.45) is -0.685. The monoisotopic (exact) mass is 462 g/mol. The molecule has 10 heteroatoms. The molecule has 2 aromatic heterocycles. The van der Waals surface area contributed by atoms with Crippen LogP contribution < -0.4 is 11.1 Å². The van der Waals surface area contributed by atoms with Gasteiger partial charge in [0, 0.05) is 48.0 Å². The predicted molar refractivity (Wildman–Crippen MR) is 123 cm³/mol. The highest BCUT2D eigenvalue weighted by atomic mass is 32.1. The quantitative estimate of drug-likeness (QED) is 0.363. The van der Waals surface area contributed by atoms with E-state index in [9.17, 15) is 13.2 Å². The van der Waals surface area contributed by atoms with Crippen LogP contribution in [0.1, 0.15) is 34.4 Å². The standard InChI is InChI=1S/C22H25F3N6S/c1-13-14(2-3-19(27)18(13)10-26)11-31-6-4-15(5-7-31)30-20-17-8-16(9-22(23,24)25)32-21(17)29-12-28-20/h2-3,8,10,12,15,26H,4-7,9,11,27H2,1H3,(H,28,29,30). The Hall–Kier alpha value is -2.72. The number of fused-ring (bicyclic) bond motifs is 1. The number of piperidine rings is 1. The van der Waals surface area contributed by atoms with Crippen molar-refractivity contribution in [1.29, 1.82) is 5.41 Å². The van der Waals surface area contributed by atoms with Crippen molar-refractivity contribution in [3.8, 4) is 0 Å². The highest BCUT2D eigenvalue weighted by molar-refractivity contribution is 7.18. The van der Waals surface area contributed by atoms with E-state index in [1.807, 2.05) is 19.1 Å². The van der Waals surface area contributed by atoms with Crippen LogP contribution in [0.4, 0.5) is 24.7 Å². The molecular weight excluding hydrogens is 437 g/mol. The fraction of sp³-hybridized carbons (Fsp3) is 0.409. The van der Waals surface area contributed by atoms with Gasteiger partial charge in [-0.05, 0) is 43.0 Å². The van der Waals surface area contributed by atoms with Crippen molar-refractivity contribution in [2.75, 3.05) is 24.1 Å². The highest BCUT2D eigenvalue weighted by Crippen LogP contribution is 2.33. The van der Waals surface area contributed by atoms with Gasteiger partial charge in [-0.2, -0.15) is 13.2 Å². The molecule has 1 aromatic carbocycles. The van der Waals surface area contributed by atoms with Gasteiger partial charge in [0.1, 0.15) is 17.0 Å². The number of thiophene rings is 1. The fourth-order valence-electron chi connectivity index (χ4n) is 4.13. The lowest BCUT2D eigenvalue weighted by atomic mass is 9.99. The second-order valence-electron chi connectivity index (χ2n) is 8.14. The van der Waals surface area contributed by atoms with Crippen molar-refractivity contribution in [3.05, 3.63) is 46.1 Å². The number of aromatic nitrogens is 2. The number of nitrogen functional groups attached to an aromatic ring is 1. The Balaban J connectivity index is 1.39. The van der Waals surface area contributed by atoms with E-state index in [4.69, 9.17) is 11.1 Å². The minimum Gasteiger partial charge on any atom is -0.398 e. The summed E-state index contributed by atoms with van der Waals surface area (Å²) >= 11 is 1.06. The third-order valence-electron chi connectivity index (χ3n) is 5.88. The molecule has 0 unspecified atom stereocenters. The van der Waals surface area contributed by atoms with Gasteiger partial charge in [0.25, 0.3) is 0 Å². The van der Waals surface area contributed by atoms with E-state index in [0.29, 0.717) is 21.7 Å². The molecule has 4 rings (SSSR count). The maximum atomic E-state index is 12.8. The van der Waals surface area contributed by atoms with E-state index < -0.39 is 12.6 Å². The lowest BCUT2D eigenvalue weighted by molar-refractivity contribution is -0.126. The van der Waals surface area contributed by atoms with Gasteiger partial charge in [0.05, 0.1) is 11.8 Å². The van der Waals surface area contributed by atoms with Gasteiger partial charge in [0.2, 0.25) is 0 Å². The molecule has 3 heterocycles. The number of alkyl halides is 3. The van der Waals surface area contributed by atoms with E-state index in [-0.39, 0.29) is 10.9 Å². The molecule has 0 spiro atoms. The molecule has 1 aliphatic heterocycles. The molecule has 170 valence electrons. The second kappa shape index (κ2) is 9.03. The summed E-state index contributed by atoms with van der Waals surface area (Å²) in [6, 6.07) is 5.62. The lowest BCUT2D eigenvalue weighted by Gasteiger charge is -2.33. The first-order chi connectivity index (χ1) is 15.2. The Bertz CT molecular complexity index is 1120. The molecule has 3 aromatic rings. The molecular formula is C22H25F3N6S. The van der Waals surface area contributed by atoms with Crippen molar-refractivity contribution in [3.63, 3.8) is 0 Å². The van der Waals surface area contributed by atoms with Crippen LogP contribution in [0.5, 0.6) is 0 Å². The molecule has 0 bridgehead atoms. The van der Waals surface area contributed by atoms with Gasteiger partial charge in [-0.3, -0.25) is 4.90 Å². The maximum absolute atomic E-state index is 12.8. The smallest absolute Gasteiger partial charge is 0.393 e. The number of benzene rings is 1. The Kier molecular flexibility index (Phi) is 6.34.